The molecule has 1 aromatic carbocycles. The van der Waals surface area contributed by atoms with E-state index < -0.39 is 0 Å². The smallest absolute Gasteiger partial charge is 0.314 e. The Morgan fingerprint density at radius 2 is 1.49 bits per heavy atom. The van der Waals surface area contributed by atoms with Crippen LogP contribution >= 0.6 is 0 Å². The molecule has 1 aromatic heterocycles. The van der Waals surface area contributed by atoms with E-state index in [1.807, 2.05) is 36.7 Å². The van der Waals surface area contributed by atoms with E-state index in [2.05, 4.69) is 30.7 Å². The van der Waals surface area contributed by atoms with Crippen LogP contribution in [-0.4, -0.2) is 15.9 Å². The van der Waals surface area contributed by atoms with E-state index in [1.165, 1.54) is 76.2 Å². The summed E-state index contributed by atoms with van der Waals surface area (Å²) in [4.78, 5) is 21.9. The van der Waals surface area contributed by atoms with Gasteiger partial charge in [0.25, 0.3) is 0 Å². The van der Waals surface area contributed by atoms with Gasteiger partial charge in [0.1, 0.15) is 5.75 Å². The quantitative estimate of drug-likeness (QED) is 0.129. The van der Waals surface area contributed by atoms with Gasteiger partial charge in [-0.25, -0.2) is 9.97 Å². The highest BCUT2D eigenvalue weighted by Gasteiger charge is 2.27. The van der Waals surface area contributed by atoms with Crippen molar-refractivity contribution in [2.24, 2.45) is 17.8 Å². The Balaban J connectivity index is 1.36. The van der Waals surface area contributed by atoms with E-state index in [4.69, 9.17) is 4.74 Å². The van der Waals surface area contributed by atoms with Crippen molar-refractivity contribution in [3.8, 4) is 17.1 Å². The molecule has 0 N–H and O–H groups in total. The highest BCUT2D eigenvalue weighted by molar-refractivity contribution is 5.75. The third-order valence-electron chi connectivity index (χ3n) is 7.93. The van der Waals surface area contributed by atoms with Gasteiger partial charge in [0.2, 0.25) is 0 Å². The number of ether oxygens (including phenoxy) is 1. The Labute approximate surface area is 226 Å². The third kappa shape index (κ3) is 11.0. The molecular weight excluding hydrogens is 456 g/mol. The number of rotatable bonds is 16. The van der Waals surface area contributed by atoms with Gasteiger partial charge in [-0.3, -0.25) is 4.79 Å². The highest BCUT2D eigenvalue weighted by Crippen LogP contribution is 2.33. The average Bonchev–Trinajstić information content (AvgIpc) is 2.91. The largest absolute Gasteiger partial charge is 0.426 e. The zero-order chi connectivity index (χ0) is 26.3. The maximum absolute atomic E-state index is 12.7. The van der Waals surface area contributed by atoms with Crippen molar-refractivity contribution < 1.29 is 9.53 Å². The standard InChI is InChI=1S/C33H50N2O2/c1-4-5-6-7-8-9-10-11-14-28-24-34-32(35-25-28)29-20-22-31(23-21-29)37-33(36)30-18-16-27(17-19-30)15-12-13-26(2)3/h20-27,30H,4-19H2,1-3H3. The minimum Gasteiger partial charge on any atom is -0.426 e. The van der Waals surface area contributed by atoms with Gasteiger partial charge < -0.3 is 4.74 Å². The number of carbonyl (C=O) groups is 1. The van der Waals surface area contributed by atoms with Crippen LogP contribution in [0.15, 0.2) is 36.7 Å². The van der Waals surface area contributed by atoms with Crippen LogP contribution in [0, 0.1) is 17.8 Å². The Kier molecular flexibility index (Phi) is 13.1. The van der Waals surface area contributed by atoms with Crippen molar-refractivity contribution in [2.75, 3.05) is 0 Å². The highest BCUT2D eigenvalue weighted by atomic mass is 16.5. The minimum absolute atomic E-state index is 0.0398. The molecule has 3 rings (SSSR count). The fourth-order valence-corrected chi connectivity index (χ4v) is 5.47. The predicted octanol–water partition coefficient (Wildman–Crippen LogP) is 9.36. The summed E-state index contributed by atoms with van der Waals surface area (Å²) in [5.41, 5.74) is 2.15. The Morgan fingerprint density at radius 3 is 2.11 bits per heavy atom. The van der Waals surface area contributed by atoms with Crippen LogP contribution in [0.1, 0.15) is 123 Å². The first-order chi connectivity index (χ1) is 18.0. The second-order valence-corrected chi connectivity index (χ2v) is 11.6. The molecule has 2 aromatic rings. The number of hydrogen-bond donors (Lipinski definition) is 0. The van der Waals surface area contributed by atoms with Crippen molar-refractivity contribution in [2.45, 2.75) is 124 Å². The van der Waals surface area contributed by atoms with Gasteiger partial charge in [0.15, 0.2) is 5.82 Å². The van der Waals surface area contributed by atoms with Crippen molar-refractivity contribution in [3.05, 3.63) is 42.2 Å². The molecule has 1 aliphatic rings. The van der Waals surface area contributed by atoms with Crippen LogP contribution < -0.4 is 4.74 Å². The molecule has 0 bridgehead atoms. The Bertz CT molecular complexity index is 884. The topological polar surface area (TPSA) is 52.1 Å². The molecule has 4 nitrogen and oxygen atoms in total. The van der Waals surface area contributed by atoms with Crippen LogP contribution in [-0.2, 0) is 11.2 Å². The third-order valence-corrected chi connectivity index (χ3v) is 7.93. The van der Waals surface area contributed by atoms with E-state index in [9.17, 15) is 4.79 Å². The van der Waals surface area contributed by atoms with E-state index in [0.29, 0.717) is 11.6 Å². The van der Waals surface area contributed by atoms with Gasteiger partial charge >= 0.3 is 5.97 Å². The molecular formula is C33H50N2O2. The van der Waals surface area contributed by atoms with Gasteiger partial charge in [-0.2, -0.15) is 0 Å². The number of nitrogens with zero attached hydrogens (tertiary/aromatic N) is 2. The van der Waals surface area contributed by atoms with E-state index in [-0.39, 0.29) is 11.9 Å². The van der Waals surface area contributed by atoms with Crippen LogP contribution in [0.25, 0.3) is 11.4 Å². The number of esters is 1. The summed E-state index contributed by atoms with van der Waals surface area (Å²) in [6.07, 6.45) is 23.8. The molecule has 0 unspecified atom stereocenters. The average molecular weight is 507 g/mol. The van der Waals surface area contributed by atoms with Crippen molar-refractivity contribution in [1.82, 2.24) is 9.97 Å². The first kappa shape index (κ1) is 29.3. The molecule has 1 saturated carbocycles. The lowest BCUT2D eigenvalue weighted by Crippen LogP contribution is -2.25. The SMILES string of the molecule is CCCCCCCCCCc1cnc(-c2ccc(OC(=O)C3CCC(CCCC(C)C)CC3)cc2)nc1. The fraction of sp³-hybridized carbons (Fsp3) is 0.667. The molecule has 0 atom stereocenters. The zero-order valence-corrected chi connectivity index (χ0v) is 23.7. The summed E-state index contributed by atoms with van der Waals surface area (Å²) in [6.45, 7) is 6.85. The molecule has 1 fully saturated rings. The molecule has 37 heavy (non-hydrogen) atoms. The second-order valence-electron chi connectivity index (χ2n) is 11.6. The van der Waals surface area contributed by atoms with Gasteiger partial charge in [0.05, 0.1) is 5.92 Å². The molecule has 0 spiro atoms. The van der Waals surface area contributed by atoms with E-state index in [1.54, 1.807) is 0 Å². The number of benzene rings is 1. The summed E-state index contributed by atoms with van der Waals surface area (Å²) in [5, 5.41) is 0. The van der Waals surface area contributed by atoms with Crippen molar-refractivity contribution >= 4 is 5.97 Å². The van der Waals surface area contributed by atoms with Crippen LogP contribution in [0.2, 0.25) is 0 Å². The first-order valence-electron chi connectivity index (χ1n) is 15.2. The summed E-state index contributed by atoms with van der Waals surface area (Å²) in [7, 11) is 0. The van der Waals surface area contributed by atoms with Crippen molar-refractivity contribution in [3.63, 3.8) is 0 Å². The lowest BCUT2D eigenvalue weighted by Gasteiger charge is -2.27. The zero-order valence-electron chi connectivity index (χ0n) is 23.7. The predicted molar refractivity (Wildman–Crippen MR) is 154 cm³/mol. The summed E-state index contributed by atoms with van der Waals surface area (Å²) in [6, 6.07) is 7.62. The van der Waals surface area contributed by atoms with Gasteiger partial charge in [-0.05, 0) is 80.2 Å². The molecule has 4 heteroatoms. The number of unbranched alkanes of at least 4 members (excludes halogenated alkanes) is 7. The Hall–Kier alpha value is -2.23. The lowest BCUT2D eigenvalue weighted by molar-refractivity contribution is -0.140. The fourth-order valence-electron chi connectivity index (χ4n) is 5.47. The maximum atomic E-state index is 12.7. The van der Waals surface area contributed by atoms with Gasteiger partial charge in [-0.15, -0.1) is 0 Å². The number of carbonyl (C=O) groups excluding carboxylic acids is 1. The van der Waals surface area contributed by atoms with E-state index >= 15 is 0 Å². The Morgan fingerprint density at radius 1 is 0.865 bits per heavy atom. The lowest BCUT2D eigenvalue weighted by atomic mass is 9.79. The molecule has 204 valence electrons. The van der Waals surface area contributed by atoms with Gasteiger partial charge in [0, 0.05) is 18.0 Å². The monoisotopic (exact) mass is 506 g/mol. The summed E-state index contributed by atoms with van der Waals surface area (Å²) in [5.74, 6) is 2.86. The van der Waals surface area contributed by atoms with Gasteiger partial charge in [-0.1, -0.05) is 85.0 Å². The molecule has 0 amide bonds. The molecule has 1 heterocycles. The summed E-state index contributed by atoms with van der Waals surface area (Å²) >= 11 is 0. The van der Waals surface area contributed by atoms with Crippen LogP contribution in [0.5, 0.6) is 5.75 Å². The normalized spacial score (nSPS) is 17.7. The number of hydrogen-bond acceptors (Lipinski definition) is 4. The molecule has 1 aliphatic carbocycles. The number of aryl methyl sites for hydroxylation is 1. The molecule has 0 saturated heterocycles. The first-order valence-corrected chi connectivity index (χ1v) is 15.2. The van der Waals surface area contributed by atoms with Crippen molar-refractivity contribution in [1.29, 1.82) is 0 Å². The van der Waals surface area contributed by atoms with Crippen LogP contribution in [0.4, 0.5) is 0 Å². The maximum Gasteiger partial charge on any atom is 0.314 e. The number of aromatic nitrogens is 2. The van der Waals surface area contributed by atoms with E-state index in [0.717, 1.165) is 49.5 Å². The van der Waals surface area contributed by atoms with Crippen LogP contribution in [0.3, 0.4) is 0 Å². The molecule has 0 aliphatic heterocycles. The minimum atomic E-state index is -0.0741. The second kappa shape index (κ2) is 16.6. The molecule has 0 radical (unpaired) electrons. The summed E-state index contributed by atoms with van der Waals surface area (Å²) < 4.78 is 5.72.